The minimum Gasteiger partial charge on any atom is -0.272 e. The van der Waals surface area contributed by atoms with Gasteiger partial charge in [0.25, 0.3) is 11.8 Å². The summed E-state index contributed by atoms with van der Waals surface area (Å²) >= 11 is 8.93. The molecule has 3 aromatic rings. The lowest BCUT2D eigenvalue weighted by Gasteiger charge is -2.16. The number of carbonyl (C=O) groups is 2. The Morgan fingerprint density at radius 3 is 2.62 bits per heavy atom. The van der Waals surface area contributed by atoms with Gasteiger partial charge in [0.05, 0.1) is 16.5 Å². The van der Waals surface area contributed by atoms with Gasteiger partial charge in [-0.15, -0.1) is 11.3 Å². The highest BCUT2D eigenvalue weighted by Crippen LogP contribution is 2.35. The van der Waals surface area contributed by atoms with Crippen molar-refractivity contribution in [2.45, 2.75) is 0 Å². The van der Waals surface area contributed by atoms with Gasteiger partial charge in [-0.3, -0.25) is 15.0 Å². The molecule has 1 aromatic heterocycles. The number of amides is 2. The third kappa shape index (κ3) is 3.21. The van der Waals surface area contributed by atoms with Crippen molar-refractivity contribution in [3.63, 3.8) is 0 Å². The van der Waals surface area contributed by atoms with Gasteiger partial charge in [-0.05, 0) is 18.2 Å². The van der Waals surface area contributed by atoms with E-state index >= 15 is 0 Å². The minimum absolute atomic E-state index is 0.227. The number of hydrazine groups is 1. The number of carbonyl (C=O) groups excluding carboxylic acids is 2. The number of benzene rings is 2. The summed E-state index contributed by atoms with van der Waals surface area (Å²) in [4.78, 5) is 29.7. The Morgan fingerprint density at radius 2 is 1.85 bits per heavy atom. The molecule has 0 radical (unpaired) electrons. The Labute approximate surface area is 162 Å². The van der Waals surface area contributed by atoms with Crippen LogP contribution in [0, 0.1) is 0 Å². The lowest BCUT2D eigenvalue weighted by Crippen LogP contribution is -2.45. The predicted octanol–water partition coefficient (Wildman–Crippen LogP) is 4.46. The maximum absolute atomic E-state index is 12.7. The molecule has 0 unspecified atom stereocenters. The normalized spacial score (nSPS) is 15.8. The number of hydrogen-bond acceptors (Lipinski definition) is 5. The molecule has 5 nitrogen and oxygen atoms in total. The summed E-state index contributed by atoms with van der Waals surface area (Å²) in [6.45, 7) is 0. The molecule has 0 saturated carbocycles. The van der Waals surface area contributed by atoms with Crippen LogP contribution < -0.4 is 5.43 Å². The number of aliphatic imine (C=N–C) groups is 1. The van der Waals surface area contributed by atoms with E-state index in [1.54, 1.807) is 0 Å². The summed E-state index contributed by atoms with van der Waals surface area (Å²) < 4.78 is 0.919. The zero-order chi connectivity index (χ0) is 18.1. The fourth-order valence-corrected chi connectivity index (χ4v) is 4.71. The van der Waals surface area contributed by atoms with Gasteiger partial charge < -0.3 is 0 Å². The fraction of sp³-hybridized carbons (Fsp3) is 0.0556. The lowest BCUT2D eigenvalue weighted by molar-refractivity contribution is -0.125. The number of hydrogen-bond donors (Lipinski definition) is 1. The Hall–Kier alpha value is -2.35. The Balaban J connectivity index is 1.62. The Kier molecular flexibility index (Phi) is 4.67. The van der Waals surface area contributed by atoms with E-state index in [-0.39, 0.29) is 11.7 Å². The molecular formula is C18H12ClN3O2S2. The molecule has 4 rings (SSSR count). The smallest absolute Gasteiger partial charge is 0.272 e. The number of rotatable bonds is 3. The molecule has 0 spiro atoms. The van der Waals surface area contributed by atoms with Crippen molar-refractivity contribution in [3.05, 3.63) is 64.5 Å². The van der Waals surface area contributed by atoms with Crippen LogP contribution in [-0.4, -0.2) is 27.7 Å². The highest BCUT2D eigenvalue weighted by Gasteiger charge is 2.31. The zero-order valence-corrected chi connectivity index (χ0v) is 15.7. The highest BCUT2D eigenvalue weighted by atomic mass is 35.5. The first-order chi connectivity index (χ1) is 12.6. The maximum atomic E-state index is 12.7. The summed E-state index contributed by atoms with van der Waals surface area (Å²) in [6.07, 6.45) is 0. The van der Waals surface area contributed by atoms with Crippen molar-refractivity contribution in [1.29, 1.82) is 0 Å². The van der Waals surface area contributed by atoms with Crippen LogP contribution in [0.1, 0.15) is 9.67 Å². The Morgan fingerprint density at radius 1 is 1.12 bits per heavy atom. The SMILES string of the molecule is O=C(NN1C(=O)CSC1=Nc1ccccc1)c1sc2ccccc2c1Cl. The highest BCUT2D eigenvalue weighted by molar-refractivity contribution is 8.15. The van der Waals surface area contributed by atoms with Crippen LogP contribution in [0.2, 0.25) is 5.02 Å². The summed E-state index contributed by atoms with van der Waals surface area (Å²) in [5.41, 5.74) is 3.35. The molecule has 1 saturated heterocycles. The van der Waals surface area contributed by atoms with Gasteiger partial charge in [0.15, 0.2) is 5.17 Å². The van der Waals surface area contributed by atoms with Gasteiger partial charge in [-0.25, -0.2) is 4.99 Å². The van der Waals surface area contributed by atoms with Gasteiger partial charge in [0.1, 0.15) is 4.88 Å². The number of nitrogens with one attached hydrogen (secondary N) is 1. The average Bonchev–Trinajstić information content (AvgIpc) is 3.17. The van der Waals surface area contributed by atoms with Crippen LogP contribution in [0.15, 0.2) is 59.6 Å². The molecule has 2 aromatic carbocycles. The second-order valence-corrected chi connectivity index (χ2v) is 7.80. The van der Waals surface area contributed by atoms with Crippen LogP contribution in [0.25, 0.3) is 10.1 Å². The maximum Gasteiger partial charge on any atom is 0.281 e. The number of fused-ring (bicyclic) bond motifs is 1. The third-order valence-electron chi connectivity index (χ3n) is 3.70. The number of amidine groups is 1. The van der Waals surface area contributed by atoms with Crippen LogP contribution in [0.5, 0.6) is 0 Å². The molecule has 0 atom stereocenters. The van der Waals surface area contributed by atoms with E-state index in [9.17, 15) is 9.59 Å². The molecule has 130 valence electrons. The van der Waals surface area contributed by atoms with Gasteiger partial charge in [-0.1, -0.05) is 59.8 Å². The molecule has 0 aliphatic carbocycles. The molecular weight excluding hydrogens is 390 g/mol. The van der Waals surface area contributed by atoms with Crippen molar-refractivity contribution in [1.82, 2.24) is 10.4 Å². The van der Waals surface area contributed by atoms with Crippen LogP contribution in [0.4, 0.5) is 5.69 Å². The van der Waals surface area contributed by atoms with E-state index in [1.807, 2.05) is 54.6 Å². The monoisotopic (exact) mass is 401 g/mol. The largest absolute Gasteiger partial charge is 0.281 e. The van der Waals surface area contributed by atoms with Crippen LogP contribution in [0.3, 0.4) is 0 Å². The third-order valence-corrected chi connectivity index (χ3v) is 6.30. The molecule has 26 heavy (non-hydrogen) atoms. The van der Waals surface area contributed by atoms with Crippen LogP contribution in [-0.2, 0) is 4.79 Å². The van der Waals surface area contributed by atoms with Crippen molar-refractivity contribution in [3.8, 4) is 0 Å². The number of halogens is 1. The molecule has 2 amide bonds. The van der Waals surface area contributed by atoms with Crippen molar-refractivity contribution < 1.29 is 9.59 Å². The molecule has 1 aliphatic heterocycles. The molecule has 0 bridgehead atoms. The molecule has 8 heteroatoms. The minimum atomic E-state index is -0.423. The topological polar surface area (TPSA) is 61.8 Å². The quantitative estimate of drug-likeness (QED) is 0.704. The predicted molar refractivity (Wildman–Crippen MR) is 107 cm³/mol. The van der Waals surface area contributed by atoms with E-state index in [0.717, 1.165) is 10.1 Å². The van der Waals surface area contributed by atoms with E-state index in [2.05, 4.69) is 10.4 Å². The van der Waals surface area contributed by atoms with Gasteiger partial charge in [0, 0.05) is 10.1 Å². The van der Waals surface area contributed by atoms with E-state index in [4.69, 9.17) is 11.6 Å². The van der Waals surface area contributed by atoms with Gasteiger partial charge in [0.2, 0.25) is 0 Å². The van der Waals surface area contributed by atoms with Crippen molar-refractivity contribution in [2.24, 2.45) is 4.99 Å². The number of nitrogens with zero attached hydrogens (tertiary/aromatic N) is 2. The molecule has 1 fully saturated rings. The summed E-state index contributed by atoms with van der Waals surface area (Å²) in [6, 6.07) is 16.8. The summed E-state index contributed by atoms with van der Waals surface area (Å²) in [7, 11) is 0. The standard InChI is InChI=1S/C18H12ClN3O2S2/c19-15-12-8-4-5-9-13(12)26-16(15)17(24)21-22-14(23)10-25-18(22)20-11-6-2-1-3-7-11/h1-9H,10H2,(H,21,24). The zero-order valence-electron chi connectivity index (χ0n) is 13.3. The number of para-hydroxylation sites is 1. The lowest BCUT2D eigenvalue weighted by atomic mass is 10.2. The number of thiophene rings is 1. The summed E-state index contributed by atoms with van der Waals surface area (Å²) in [5.74, 6) is -0.422. The van der Waals surface area contributed by atoms with E-state index in [0.29, 0.717) is 20.8 Å². The Bertz CT molecular complexity index is 1030. The first-order valence-corrected chi connectivity index (χ1v) is 9.89. The van der Waals surface area contributed by atoms with Gasteiger partial charge in [-0.2, -0.15) is 5.01 Å². The van der Waals surface area contributed by atoms with Crippen LogP contribution >= 0.6 is 34.7 Å². The summed E-state index contributed by atoms with van der Waals surface area (Å²) in [5, 5.41) is 2.85. The van der Waals surface area contributed by atoms with E-state index in [1.165, 1.54) is 28.1 Å². The van der Waals surface area contributed by atoms with Crippen molar-refractivity contribution >= 4 is 67.5 Å². The molecule has 1 N–H and O–H groups in total. The molecule has 1 aliphatic rings. The van der Waals surface area contributed by atoms with Gasteiger partial charge >= 0.3 is 0 Å². The molecule has 2 heterocycles. The second-order valence-electron chi connectivity index (χ2n) is 5.43. The van der Waals surface area contributed by atoms with Crippen molar-refractivity contribution in [2.75, 3.05) is 5.75 Å². The first-order valence-electron chi connectivity index (χ1n) is 7.71. The second kappa shape index (κ2) is 7.11. The number of thioether (sulfide) groups is 1. The van der Waals surface area contributed by atoms with E-state index < -0.39 is 5.91 Å². The average molecular weight is 402 g/mol. The first kappa shape index (κ1) is 17.1. The fourth-order valence-electron chi connectivity index (χ4n) is 2.48.